The first-order valence-electron chi connectivity index (χ1n) is 7.72. The summed E-state index contributed by atoms with van der Waals surface area (Å²) in [7, 11) is 0. The van der Waals surface area contributed by atoms with Crippen LogP contribution in [0, 0.1) is 10.1 Å². The third-order valence-corrected chi connectivity index (χ3v) is 3.57. The van der Waals surface area contributed by atoms with Crippen molar-refractivity contribution in [1.29, 1.82) is 0 Å². The summed E-state index contributed by atoms with van der Waals surface area (Å²) >= 11 is 0. The number of anilines is 1. The van der Waals surface area contributed by atoms with Crippen molar-refractivity contribution in [3.05, 3.63) is 69.2 Å². The molecule has 0 spiro atoms. The Kier molecular flexibility index (Phi) is 4.97. The highest BCUT2D eigenvalue weighted by atomic mass is 16.6. The fraction of sp³-hybridized carbons (Fsp3) is 0.118. The first-order valence-corrected chi connectivity index (χ1v) is 7.72. The molecule has 10 nitrogen and oxygen atoms in total. The minimum atomic E-state index is -0.865. The fourth-order valence-corrected chi connectivity index (χ4v) is 2.36. The summed E-state index contributed by atoms with van der Waals surface area (Å²) in [5.74, 6) is -2.23. The predicted molar refractivity (Wildman–Crippen MR) is 93.2 cm³/mol. The number of non-ortho nitro benzene ring substituents is 1. The van der Waals surface area contributed by atoms with E-state index >= 15 is 0 Å². The van der Waals surface area contributed by atoms with Crippen molar-refractivity contribution < 1.29 is 23.7 Å². The molecule has 3 aromatic rings. The number of ether oxygens (including phenoxy) is 1. The number of amides is 1. The maximum Gasteiger partial charge on any atom is 0.420 e. The lowest BCUT2D eigenvalue weighted by Gasteiger charge is -2.06. The second-order valence-corrected chi connectivity index (χ2v) is 5.44. The summed E-state index contributed by atoms with van der Waals surface area (Å²) in [6.45, 7) is -1.02. The summed E-state index contributed by atoms with van der Waals surface area (Å²) in [5, 5.41) is 13.3. The Hall–Kier alpha value is -3.95. The Morgan fingerprint density at radius 1 is 1.19 bits per heavy atom. The van der Waals surface area contributed by atoms with E-state index in [0.29, 0.717) is 5.69 Å². The number of nitrogens with one attached hydrogen (secondary N) is 1. The molecule has 0 aliphatic heterocycles. The van der Waals surface area contributed by atoms with Crippen LogP contribution >= 0.6 is 0 Å². The standard InChI is InChI=1S/C17H13N3O7/c21-15(18-11-4-2-1-3-5-11)10-26-16(22)9-19-13-7-6-12(20(24)25)8-14(13)27-17(19)23/h1-8H,9-10H2,(H,18,21). The van der Waals surface area contributed by atoms with E-state index in [4.69, 9.17) is 9.15 Å². The Balaban J connectivity index is 1.64. The first-order chi connectivity index (χ1) is 12.9. The van der Waals surface area contributed by atoms with Gasteiger partial charge in [0.25, 0.3) is 11.6 Å². The average Bonchev–Trinajstić information content (AvgIpc) is 2.95. The number of carbonyl (C=O) groups is 2. The van der Waals surface area contributed by atoms with E-state index in [0.717, 1.165) is 10.6 Å². The number of fused-ring (bicyclic) bond motifs is 1. The second kappa shape index (κ2) is 7.52. The number of rotatable bonds is 6. The van der Waals surface area contributed by atoms with Gasteiger partial charge >= 0.3 is 11.7 Å². The zero-order valence-corrected chi connectivity index (χ0v) is 13.8. The van der Waals surface area contributed by atoms with Gasteiger partial charge in [-0.2, -0.15) is 0 Å². The number of nitro groups is 1. The third-order valence-electron chi connectivity index (χ3n) is 3.57. The molecular formula is C17H13N3O7. The SMILES string of the molecule is O=C(COC(=O)Cn1c(=O)oc2cc([N+](=O)[O-])ccc21)Nc1ccccc1. The van der Waals surface area contributed by atoms with E-state index in [9.17, 15) is 24.5 Å². The third kappa shape index (κ3) is 4.18. The van der Waals surface area contributed by atoms with Gasteiger partial charge in [-0.3, -0.25) is 24.3 Å². The number of nitrogens with zero attached hydrogens (tertiary/aromatic N) is 2. The van der Waals surface area contributed by atoms with Crippen LogP contribution in [0.1, 0.15) is 0 Å². The maximum absolute atomic E-state index is 11.9. The van der Waals surface area contributed by atoms with E-state index < -0.39 is 35.7 Å². The van der Waals surface area contributed by atoms with Crippen molar-refractivity contribution in [3.8, 4) is 0 Å². The number of para-hydroxylation sites is 1. The fourth-order valence-electron chi connectivity index (χ4n) is 2.36. The van der Waals surface area contributed by atoms with E-state index in [1.165, 1.54) is 12.1 Å². The molecule has 0 saturated heterocycles. The summed E-state index contributed by atoms with van der Waals surface area (Å²) in [4.78, 5) is 45.7. The molecule has 1 N–H and O–H groups in total. The van der Waals surface area contributed by atoms with E-state index in [1.54, 1.807) is 30.3 Å². The number of aromatic nitrogens is 1. The van der Waals surface area contributed by atoms with Crippen molar-refractivity contribution in [2.24, 2.45) is 0 Å². The lowest BCUT2D eigenvalue weighted by atomic mass is 10.3. The van der Waals surface area contributed by atoms with E-state index in [-0.39, 0.29) is 16.8 Å². The highest BCUT2D eigenvalue weighted by Crippen LogP contribution is 2.20. The van der Waals surface area contributed by atoms with Gasteiger partial charge in [0.15, 0.2) is 12.2 Å². The minimum absolute atomic E-state index is 0.0242. The Morgan fingerprint density at radius 2 is 1.93 bits per heavy atom. The number of hydrogen-bond acceptors (Lipinski definition) is 7. The highest BCUT2D eigenvalue weighted by molar-refractivity contribution is 5.92. The Bertz CT molecular complexity index is 1070. The van der Waals surface area contributed by atoms with E-state index in [1.807, 2.05) is 0 Å². The molecule has 0 radical (unpaired) electrons. The highest BCUT2D eigenvalue weighted by Gasteiger charge is 2.17. The number of carbonyl (C=O) groups excluding carboxylic acids is 2. The molecule has 138 valence electrons. The van der Waals surface area contributed by atoms with Crippen molar-refractivity contribution in [3.63, 3.8) is 0 Å². The molecule has 1 aromatic heterocycles. The Morgan fingerprint density at radius 3 is 2.63 bits per heavy atom. The van der Waals surface area contributed by atoms with Crippen molar-refractivity contribution in [2.45, 2.75) is 6.54 Å². The van der Waals surface area contributed by atoms with Crippen LogP contribution in [0.5, 0.6) is 0 Å². The smallest absolute Gasteiger partial charge is 0.420 e. The predicted octanol–water partition coefficient (Wildman–Crippen LogP) is 1.68. The molecule has 27 heavy (non-hydrogen) atoms. The molecule has 2 aromatic carbocycles. The lowest BCUT2D eigenvalue weighted by Crippen LogP contribution is -2.25. The molecule has 1 amide bonds. The van der Waals surface area contributed by atoms with Crippen molar-refractivity contribution >= 4 is 34.4 Å². The van der Waals surface area contributed by atoms with Gasteiger partial charge in [0.05, 0.1) is 16.5 Å². The zero-order valence-electron chi connectivity index (χ0n) is 13.8. The number of oxazole rings is 1. The molecule has 0 aliphatic rings. The number of nitro benzene ring substituents is 1. The summed E-state index contributed by atoms with van der Waals surface area (Å²) in [5.41, 5.74) is 0.487. The van der Waals surface area contributed by atoms with Crippen LogP contribution < -0.4 is 11.1 Å². The van der Waals surface area contributed by atoms with Gasteiger partial charge in [0.2, 0.25) is 0 Å². The van der Waals surface area contributed by atoms with Gasteiger partial charge in [-0.15, -0.1) is 0 Å². The molecule has 10 heteroatoms. The normalized spacial score (nSPS) is 10.5. The van der Waals surface area contributed by atoms with Crippen LogP contribution in [0.2, 0.25) is 0 Å². The van der Waals surface area contributed by atoms with Gasteiger partial charge in [-0.1, -0.05) is 18.2 Å². The number of hydrogen-bond donors (Lipinski definition) is 1. The maximum atomic E-state index is 11.9. The molecule has 0 fully saturated rings. The quantitative estimate of drug-likeness (QED) is 0.396. The van der Waals surface area contributed by atoms with E-state index in [2.05, 4.69) is 5.32 Å². The molecule has 0 atom stereocenters. The monoisotopic (exact) mass is 371 g/mol. The van der Waals surface area contributed by atoms with Crippen LogP contribution in [0.3, 0.4) is 0 Å². The molecule has 0 aliphatic carbocycles. The van der Waals surface area contributed by atoms with Crippen LogP contribution in [0.25, 0.3) is 11.1 Å². The first kappa shape index (κ1) is 17.9. The van der Waals surface area contributed by atoms with Crippen molar-refractivity contribution in [2.75, 3.05) is 11.9 Å². The summed E-state index contributed by atoms with van der Waals surface area (Å²) in [6.07, 6.45) is 0. The molecule has 0 unspecified atom stereocenters. The van der Waals surface area contributed by atoms with Gasteiger partial charge in [0, 0.05) is 11.8 Å². The van der Waals surface area contributed by atoms with Gasteiger partial charge < -0.3 is 14.5 Å². The van der Waals surface area contributed by atoms with Crippen LogP contribution in [0.15, 0.2) is 57.7 Å². The molecule has 1 heterocycles. The topological polar surface area (TPSA) is 134 Å². The van der Waals surface area contributed by atoms with Gasteiger partial charge in [0.1, 0.15) is 6.54 Å². The molecule has 3 rings (SSSR count). The van der Waals surface area contributed by atoms with Crippen LogP contribution in [-0.4, -0.2) is 28.0 Å². The van der Waals surface area contributed by atoms with Gasteiger partial charge in [-0.25, -0.2) is 4.79 Å². The summed E-state index contributed by atoms with van der Waals surface area (Å²) in [6, 6.07) is 12.2. The van der Waals surface area contributed by atoms with Gasteiger partial charge in [-0.05, 0) is 18.2 Å². The molecule has 0 bridgehead atoms. The molecular weight excluding hydrogens is 358 g/mol. The van der Waals surface area contributed by atoms with Crippen molar-refractivity contribution in [1.82, 2.24) is 4.57 Å². The van der Waals surface area contributed by atoms with Crippen LogP contribution in [-0.2, 0) is 20.9 Å². The average molecular weight is 371 g/mol. The minimum Gasteiger partial charge on any atom is -0.454 e. The second-order valence-electron chi connectivity index (χ2n) is 5.44. The summed E-state index contributed by atoms with van der Waals surface area (Å²) < 4.78 is 10.7. The number of esters is 1. The lowest BCUT2D eigenvalue weighted by molar-refractivity contribution is -0.384. The Labute approximate surface area is 151 Å². The number of benzene rings is 2. The molecule has 0 saturated carbocycles. The largest absolute Gasteiger partial charge is 0.454 e. The van der Waals surface area contributed by atoms with Crippen LogP contribution in [0.4, 0.5) is 11.4 Å². The zero-order chi connectivity index (χ0) is 19.4.